The summed E-state index contributed by atoms with van der Waals surface area (Å²) in [5, 5.41) is 11.5. The molecule has 0 unspecified atom stereocenters. The number of benzene rings is 1. The maximum absolute atomic E-state index is 11.8. The minimum Gasteiger partial charge on any atom is -0.481 e. The first-order valence-electron chi connectivity index (χ1n) is 6.03. The minimum atomic E-state index is -0.770. The molecular weight excluding hydrogens is 359 g/mol. The van der Waals surface area contributed by atoms with Gasteiger partial charge >= 0.3 is 5.97 Å². The highest BCUT2D eigenvalue weighted by Gasteiger charge is 2.29. The highest BCUT2D eigenvalue weighted by atomic mass is 127. The first kappa shape index (κ1) is 14.3. The number of nitrogens with one attached hydrogen (secondary N) is 1. The van der Waals surface area contributed by atoms with Crippen LogP contribution in [0.5, 0.6) is 0 Å². The fourth-order valence-corrected chi connectivity index (χ4v) is 2.66. The lowest BCUT2D eigenvalue weighted by Crippen LogP contribution is -2.50. The van der Waals surface area contributed by atoms with E-state index < -0.39 is 5.97 Å². The third kappa shape index (κ3) is 4.17. The van der Waals surface area contributed by atoms with Crippen LogP contribution in [0.4, 0.5) is 5.69 Å². The van der Waals surface area contributed by atoms with Crippen molar-refractivity contribution in [3.05, 3.63) is 27.8 Å². The van der Waals surface area contributed by atoms with Crippen LogP contribution in [-0.4, -0.2) is 41.5 Å². The van der Waals surface area contributed by atoms with Crippen LogP contribution in [0.1, 0.15) is 6.42 Å². The molecule has 0 saturated carbocycles. The molecule has 1 aromatic carbocycles. The molecule has 0 aromatic heterocycles. The largest absolute Gasteiger partial charge is 0.481 e. The lowest BCUT2D eigenvalue weighted by atomic mass is 9.96. The van der Waals surface area contributed by atoms with Gasteiger partial charge in [0.15, 0.2) is 0 Å². The summed E-state index contributed by atoms with van der Waals surface area (Å²) in [7, 11) is 0. The van der Waals surface area contributed by atoms with E-state index in [1.807, 2.05) is 29.2 Å². The third-order valence-electron chi connectivity index (χ3n) is 3.01. The van der Waals surface area contributed by atoms with Gasteiger partial charge in [0.25, 0.3) is 0 Å². The predicted octanol–water partition coefficient (Wildman–Crippen LogP) is 1.64. The van der Waals surface area contributed by atoms with Crippen molar-refractivity contribution in [1.29, 1.82) is 0 Å². The number of hydrogen-bond acceptors (Lipinski definition) is 3. The molecule has 19 heavy (non-hydrogen) atoms. The molecule has 1 saturated heterocycles. The topological polar surface area (TPSA) is 69.6 Å². The number of hydrogen-bond donors (Lipinski definition) is 2. The molecule has 1 aromatic rings. The number of likely N-dealkylation sites (tertiary alicyclic amines) is 1. The molecule has 0 aliphatic carbocycles. The zero-order valence-electron chi connectivity index (χ0n) is 10.3. The standard InChI is InChI=1S/C13H15IN2O3/c14-10-3-1-2-4-11(10)15-12(17)8-16-6-9(7-16)5-13(18)19/h1-4,9H,5-8H2,(H,15,17)(H,18,19). The molecule has 1 fully saturated rings. The maximum Gasteiger partial charge on any atom is 0.303 e. The smallest absolute Gasteiger partial charge is 0.303 e. The van der Waals surface area contributed by atoms with Crippen LogP contribution in [0, 0.1) is 9.49 Å². The van der Waals surface area contributed by atoms with Crippen molar-refractivity contribution in [3.8, 4) is 0 Å². The molecule has 0 bridgehead atoms. The number of nitrogens with zero attached hydrogens (tertiary/aromatic N) is 1. The average Bonchev–Trinajstić information content (AvgIpc) is 2.29. The Bertz CT molecular complexity index is 487. The van der Waals surface area contributed by atoms with Crippen molar-refractivity contribution in [2.45, 2.75) is 6.42 Å². The van der Waals surface area contributed by atoms with Gasteiger partial charge in [-0.05, 0) is 40.6 Å². The molecule has 1 amide bonds. The minimum absolute atomic E-state index is 0.0575. The van der Waals surface area contributed by atoms with E-state index in [0.29, 0.717) is 19.6 Å². The summed E-state index contributed by atoms with van der Waals surface area (Å²) in [5.41, 5.74) is 0.815. The second kappa shape index (κ2) is 6.33. The van der Waals surface area contributed by atoms with Crippen molar-refractivity contribution < 1.29 is 14.7 Å². The molecule has 6 heteroatoms. The van der Waals surface area contributed by atoms with E-state index >= 15 is 0 Å². The van der Waals surface area contributed by atoms with E-state index in [9.17, 15) is 9.59 Å². The van der Waals surface area contributed by atoms with Gasteiger partial charge in [-0.1, -0.05) is 12.1 Å². The number of carbonyl (C=O) groups excluding carboxylic acids is 1. The SMILES string of the molecule is O=C(O)CC1CN(CC(=O)Nc2ccccc2I)C1. The van der Waals surface area contributed by atoms with Crippen LogP contribution in [-0.2, 0) is 9.59 Å². The van der Waals surface area contributed by atoms with Crippen LogP contribution < -0.4 is 5.32 Å². The Hall–Kier alpha value is -1.15. The average molecular weight is 374 g/mol. The third-order valence-corrected chi connectivity index (χ3v) is 3.95. The first-order valence-corrected chi connectivity index (χ1v) is 7.11. The normalized spacial score (nSPS) is 15.8. The van der Waals surface area contributed by atoms with Gasteiger partial charge in [0, 0.05) is 16.7 Å². The van der Waals surface area contributed by atoms with Crippen molar-refractivity contribution in [2.75, 3.05) is 25.0 Å². The molecule has 1 heterocycles. The Labute approximate surface area is 125 Å². The molecule has 1 aliphatic heterocycles. The Morgan fingerprint density at radius 3 is 2.68 bits per heavy atom. The van der Waals surface area contributed by atoms with Gasteiger partial charge < -0.3 is 10.4 Å². The summed E-state index contributed by atoms with van der Waals surface area (Å²) in [5.74, 6) is -0.645. The number of halogens is 1. The summed E-state index contributed by atoms with van der Waals surface area (Å²) in [6.07, 6.45) is 0.189. The summed E-state index contributed by atoms with van der Waals surface area (Å²) in [4.78, 5) is 24.3. The van der Waals surface area contributed by atoms with E-state index in [0.717, 1.165) is 9.26 Å². The first-order chi connectivity index (χ1) is 9.04. The number of carboxylic acid groups (broad SMARTS) is 1. The zero-order valence-corrected chi connectivity index (χ0v) is 12.5. The van der Waals surface area contributed by atoms with Gasteiger partial charge in [-0.2, -0.15) is 0 Å². The quantitative estimate of drug-likeness (QED) is 0.769. The molecule has 1 aliphatic rings. The number of para-hydroxylation sites is 1. The predicted molar refractivity (Wildman–Crippen MR) is 80.0 cm³/mol. The van der Waals surface area contributed by atoms with E-state index in [4.69, 9.17) is 5.11 Å². The molecule has 102 valence electrons. The van der Waals surface area contributed by atoms with Crippen LogP contribution in [0.2, 0.25) is 0 Å². The molecule has 2 rings (SSSR count). The number of aliphatic carboxylic acids is 1. The zero-order chi connectivity index (χ0) is 13.8. The van der Waals surface area contributed by atoms with Gasteiger partial charge in [0.1, 0.15) is 0 Å². The summed E-state index contributed by atoms with van der Waals surface area (Å²) >= 11 is 2.17. The van der Waals surface area contributed by atoms with Crippen molar-refractivity contribution in [1.82, 2.24) is 4.90 Å². The summed E-state index contributed by atoms with van der Waals surface area (Å²) < 4.78 is 1.00. The Balaban J connectivity index is 1.75. The van der Waals surface area contributed by atoms with Crippen molar-refractivity contribution in [2.24, 2.45) is 5.92 Å². The fourth-order valence-electron chi connectivity index (χ4n) is 2.14. The number of rotatable bonds is 5. The van der Waals surface area contributed by atoms with Crippen LogP contribution in [0.15, 0.2) is 24.3 Å². The molecule has 5 nitrogen and oxygen atoms in total. The lowest BCUT2D eigenvalue weighted by Gasteiger charge is -2.37. The lowest BCUT2D eigenvalue weighted by molar-refractivity contribution is -0.139. The molecule has 2 N–H and O–H groups in total. The summed E-state index contributed by atoms with van der Waals surface area (Å²) in [6, 6.07) is 7.60. The monoisotopic (exact) mass is 374 g/mol. The highest BCUT2D eigenvalue weighted by Crippen LogP contribution is 2.20. The van der Waals surface area contributed by atoms with Crippen LogP contribution >= 0.6 is 22.6 Å². The van der Waals surface area contributed by atoms with Crippen LogP contribution in [0.25, 0.3) is 0 Å². The maximum atomic E-state index is 11.8. The molecule has 0 spiro atoms. The molecule has 0 radical (unpaired) electrons. The second-order valence-corrected chi connectivity index (χ2v) is 5.85. The van der Waals surface area contributed by atoms with Gasteiger partial charge in [0.2, 0.25) is 5.91 Å². The number of carboxylic acids is 1. The van der Waals surface area contributed by atoms with E-state index in [1.165, 1.54) is 0 Å². The van der Waals surface area contributed by atoms with Crippen LogP contribution in [0.3, 0.4) is 0 Å². The van der Waals surface area contributed by atoms with Crippen molar-refractivity contribution in [3.63, 3.8) is 0 Å². The molecule has 0 atom stereocenters. The van der Waals surface area contributed by atoms with Crippen molar-refractivity contribution >= 4 is 40.2 Å². The Kier molecular flexibility index (Phi) is 4.76. The number of amides is 1. The highest BCUT2D eigenvalue weighted by molar-refractivity contribution is 14.1. The summed E-state index contributed by atoms with van der Waals surface area (Å²) in [6.45, 7) is 1.69. The van der Waals surface area contributed by atoms with Gasteiger partial charge in [-0.3, -0.25) is 14.5 Å². The second-order valence-electron chi connectivity index (χ2n) is 4.69. The number of carbonyl (C=O) groups is 2. The number of anilines is 1. The van der Waals surface area contributed by atoms with Gasteiger partial charge in [-0.25, -0.2) is 0 Å². The Morgan fingerprint density at radius 1 is 1.37 bits per heavy atom. The van der Waals surface area contributed by atoms with Gasteiger partial charge in [0.05, 0.1) is 18.7 Å². The van der Waals surface area contributed by atoms with E-state index in [1.54, 1.807) is 0 Å². The molecular formula is C13H15IN2O3. The van der Waals surface area contributed by atoms with E-state index in [-0.39, 0.29) is 18.2 Å². The van der Waals surface area contributed by atoms with E-state index in [2.05, 4.69) is 27.9 Å². The van der Waals surface area contributed by atoms with Gasteiger partial charge in [-0.15, -0.1) is 0 Å². The fraction of sp³-hybridized carbons (Fsp3) is 0.385. The Morgan fingerprint density at radius 2 is 2.05 bits per heavy atom.